The minimum Gasteiger partial charge on any atom is -0.497 e. The maximum Gasteiger partial charge on any atom is 0.260 e. The molecule has 1 saturated carbocycles. The van der Waals surface area contributed by atoms with E-state index in [0.29, 0.717) is 52.2 Å². The Kier molecular flexibility index (Phi) is 10.4. The minimum absolute atomic E-state index is 0.0161. The van der Waals surface area contributed by atoms with Crippen LogP contribution in [0.25, 0.3) is 0 Å². The normalized spacial score (nSPS) is 26.3. The van der Waals surface area contributed by atoms with Gasteiger partial charge in [-0.05, 0) is 85.0 Å². The summed E-state index contributed by atoms with van der Waals surface area (Å²) in [6.07, 6.45) is 2.36. The number of methoxy groups -OCH3 is 1. The van der Waals surface area contributed by atoms with Gasteiger partial charge in [0.05, 0.1) is 66.5 Å². The third-order valence-corrected chi connectivity index (χ3v) is 13.2. The highest BCUT2D eigenvalue weighted by Crippen LogP contribution is 2.65. The van der Waals surface area contributed by atoms with Crippen molar-refractivity contribution in [2.24, 2.45) is 23.7 Å². The predicted molar refractivity (Wildman–Crippen MR) is 222 cm³/mol. The van der Waals surface area contributed by atoms with Crippen molar-refractivity contribution in [1.29, 1.82) is 0 Å². The molecule has 14 heteroatoms. The number of benzene rings is 4. The fourth-order valence-electron chi connectivity index (χ4n) is 10.1. The van der Waals surface area contributed by atoms with E-state index in [-0.39, 0.29) is 42.9 Å². The molecule has 0 bridgehead atoms. The summed E-state index contributed by atoms with van der Waals surface area (Å²) in [6.45, 7) is 2.48. The molecule has 6 atom stereocenters. The van der Waals surface area contributed by atoms with Crippen molar-refractivity contribution >= 4 is 63.9 Å². The number of amides is 4. The number of hydrogen-bond donors (Lipinski definition) is 2. The molecule has 9 rings (SSSR count). The highest BCUT2D eigenvalue weighted by Gasteiger charge is 2.70. The maximum atomic E-state index is 15.6. The number of nitrogens with one attached hydrogen (secondary N) is 1. The number of anilines is 3. The number of ether oxygens (including phenoxy) is 3. The summed E-state index contributed by atoms with van der Waals surface area (Å²) in [5.41, 5.74) is 5.17. The average Bonchev–Trinajstić information content (AvgIpc) is 3.64. The lowest BCUT2D eigenvalue weighted by Crippen LogP contribution is -2.53. The van der Waals surface area contributed by atoms with Crippen molar-refractivity contribution in [2.75, 3.05) is 61.9 Å². The zero-order valence-corrected chi connectivity index (χ0v) is 33.7. The Morgan fingerprint density at radius 3 is 2.31 bits per heavy atom. The Balaban J connectivity index is 1.18. The third-order valence-electron chi connectivity index (χ3n) is 12.6. The molecule has 5 aliphatic rings. The van der Waals surface area contributed by atoms with Gasteiger partial charge in [0.15, 0.2) is 0 Å². The molecule has 4 fully saturated rings. The minimum atomic E-state index is -1.57. The number of nitrogens with zero attached hydrogens (tertiary/aromatic N) is 3. The van der Waals surface area contributed by atoms with Gasteiger partial charge >= 0.3 is 0 Å². The van der Waals surface area contributed by atoms with Crippen LogP contribution in [0.3, 0.4) is 0 Å². The van der Waals surface area contributed by atoms with Gasteiger partial charge in [0, 0.05) is 35.3 Å². The second kappa shape index (κ2) is 15.6. The third kappa shape index (κ3) is 6.35. The van der Waals surface area contributed by atoms with Crippen molar-refractivity contribution in [3.8, 4) is 11.5 Å². The predicted octanol–water partition coefficient (Wildman–Crippen LogP) is 6.40. The molecule has 3 aliphatic heterocycles. The number of halogens is 2. The molecule has 0 aromatic heterocycles. The van der Waals surface area contributed by atoms with Crippen molar-refractivity contribution in [3.63, 3.8) is 0 Å². The van der Waals surface area contributed by atoms with Gasteiger partial charge in [-0.25, -0.2) is 0 Å². The molecule has 4 amide bonds. The van der Waals surface area contributed by atoms with Crippen LogP contribution in [0.1, 0.15) is 29.9 Å². The van der Waals surface area contributed by atoms with Crippen LogP contribution in [0.4, 0.5) is 17.1 Å². The van der Waals surface area contributed by atoms with Crippen LogP contribution < -0.4 is 24.7 Å². The lowest BCUT2D eigenvalue weighted by molar-refractivity contribution is -0.138. The number of carbonyl (C=O) groups is 4. The molecule has 0 radical (unpaired) electrons. The van der Waals surface area contributed by atoms with E-state index in [1.165, 1.54) is 11.0 Å². The van der Waals surface area contributed by atoms with E-state index >= 15 is 9.59 Å². The van der Waals surface area contributed by atoms with Crippen molar-refractivity contribution in [1.82, 2.24) is 5.01 Å². The van der Waals surface area contributed by atoms with Crippen molar-refractivity contribution in [3.05, 3.63) is 124 Å². The monoisotopic (exact) mass is 836 g/mol. The van der Waals surface area contributed by atoms with Gasteiger partial charge in [0.25, 0.3) is 11.8 Å². The molecular formula is C45H42Cl2N4O8. The smallest absolute Gasteiger partial charge is 0.260 e. The van der Waals surface area contributed by atoms with E-state index in [1.54, 1.807) is 55.6 Å². The Bertz CT molecular complexity index is 2350. The number of hydrogen-bond acceptors (Lipinski definition) is 10. The van der Waals surface area contributed by atoms with Gasteiger partial charge < -0.3 is 24.2 Å². The summed E-state index contributed by atoms with van der Waals surface area (Å²) in [4.78, 5) is 63.5. The highest BCUT2D eigenvalue weighted by atomic mass is 35.5. The van der Waals surface area contributed by atoms with Gasteiger partial charge in [0.2, 0.25) is 11.8 Å². The number of aliphatic hydroxyl groups excluding tert-OH is 1. The first-order valence-electron chi connectivity index (χ1n) is 19.7. The van der Waals surface area contributed by atoms with Crippen LogP contribution in [0.15, 0.2) is 103 Å². The first-order valence-corrected chi connectivity index (χ1v) is 20.5. The van der Waals surface area contributed by atoms with Crippen LogP contribution in [-0.4, -0.2) is 80.4 Å². The van der Waals surface area contributed by atoms with Crippen molar-refractivity contribution < 1.29 is 38.5 Å². The molecule has 0 spiro atoms. The van der Waals surface area contributed by atoms with Crippen LogP contribution in [0.2, 0.25) is 10.0 Å². The summed E-state index contributed by atoms with van der Waals surface area (Å²) < 4.78 is 17.2. The van der Waals surface area contributed by atoms with E-state index in [2.05, 4.69) is 10.3 Å². The number of hydrazine groups is 1. The summed E-state index contributed by atoms with van der Waals surface area (Å²) in [5, 5.41) is 11.5. The maximum absolute atomic E-state index is 15.6. The van der Waals surface area contributed by atoms with E-state index < -0.39 is 46.8 Å². The molecule has 3 heterocycles. The second-order valence-corrected chi connectivity index (χ2v) is 16.3. The fourth-order valence-corrected chi connectivity index (χ4v) is 10.5. The van der Waals surface area contributed by atoms with Gasteiger partial charge in [-0.1, -0.05) is 65.2 Å². The molecule has 3 saturated heterocycles. The lowest BCUT2D eigenvalue weighted by atomic mass is 9.49. The highest BCUT2D eigenvalue weighted by molar-refractivity contribution is 6.36. The summed E-state index contributed by atoms with van der Waals surface area (Å²) >= 11 is 12.8. The summed E-state index contributed by atoms with van der Waals surface area (Å²) in [5.74, 6) is -4.59. The zero-order chi connectivity index (χ0) is 41.0. The topological polar surface area (TPSA) is 138 Å². The molecule has 2 N–H and O–H groups in total. The van der Waals surface area contributed by atoms with Gasteiger partial charge in [-0.2, -0.15) is 5.01 Å². The number of imide groups is 2. The molecule has 2 aliphatic carbocycles. The molecule has 0 unspecified atom stereocenters. The Morgan fingerprint density at radius 2 is 1.59 bits per heavy atom. The molecule has 4 aromatic rings. The Morgan fingerprint density at radius 1 is 0.864 bits per heavy atom. The molecular weight excluding hydrogens is 795 g/mol. The molecule has 4 aromatic carbocycles. The summed E-state index contributed by atoms with van der Waals surface area (Å²) in [7, 11) is 1.55. The number of fused-ring (bicyclic) bond motifs is 4. The number of para-hydroxylation sites is 1. The largest absolute Gasteiger partial charge is 0.497 e. The lowest BCUT2D eigenvalue weighted by Gasteiger charge is -2.50. The standard InChI is InChI=1S/C45H42Cl2N4O8/c1-57-30-13-6-26(7-14-30)45-35(42(54)51(44(45)56)48-37-17-8-27(46)24-36(37)47)25-34-31(40(45)32-4-2-3-5-38(32)59-23-20-52)15-16-33-39(34)43(55)50(41(33)53)29-11-9-28(10-12-29)49-18-21-58-22-19-49/h2-15,17,24,33-35,39-40,48,52H,16,18-23,25H2,1H3/t33-,34+,35-,39-,40+,45+/m0/s1. The average molecular weight is 838 g/mol. The van der Waals surface area contributed by atoms with Gasteiger partial charge in [0.1, 0.15) is 18.1 Å². The van der Waals surface area contributed by atoms with Gasteiger partial charge in [-0.15, -0.1) is 0 Å². The van der Waals surface area contributed by atoms with E-state index in [9.17, 15) is 14.7 Å². The zero-order valence-electron chi connectivity index (χ0n) is 32.2. The van der Waals surface area contributed by atoms with E-state index in [4.69, 9.17) is 37.4 Å². The van der Waals surface area contributed by atoms with Crippen LogP contribution in [-0.2, 0) is 29.3 Å². The Labute approximate surface area is 351 Å². The fraction of sp³-hybridized carbons (Fsp3) is 0.333. The molecule has 12 nitrogen and oxygen atoms in total. The second-order valence-electron chi connectivity index (χ2n) is 15.4. The van der Waals surface area contributed by atoms with E-state index in [0.717, 1.165) is 29.4 Å². The summed E-state index contributed by atoms with van der Waals surface area (Å²) in [6, 6.07) is 26.6. The molecule has 304 valence electrons. The number of rotatable bonds is 10. The SMILES string of the molecule is COc1ccc([C@@]23C(=O)N(Nc4ccc(Cl)cc4Cl)C(=O)[C@@H]2C[C@@H]2C(=CC[C@@H]4C(=O)N(c5ccc(N6CCOCC6)cc5)C(=O)[C@@H]42)[C@@H]3c2ccccc2OCCO)cc1. The number of allylic oxidation sites excluding steroid dienone is 2. The first kappa shape index (κ1) is 39.1. The van der Waals surface area contributed by atoms with Crippen LogP contribution >= 0.6 is 23.2 Å². The van der Waals surface area contributed by atoms with Crippen LogP contribution in [0.5, 0.6) is 11.5 Å². The number of carbonyl (C=O) groups excluding carboxylic acids is 4. The Hall–Kier alpha value is -5.40. The quantitative estimate of drug-likeness (QED) is 0.136. The van der Waals surface area contributed by atoms with E-state index in [1.807, 2.05) is 42.5 Å². The van der Waals surface area contributed by atoms with Gasteiger partial charge in [-0.3, -0.25) is 29.5 Å². The number of morpholine rings is 1. The number of aliphatic hydroxyl groups is 1. The molecule has 59 heavy (non-hydrogen) atoms. The van der Waals surface area contributed by atoms with Crippen molar-refractivity contribution in [2.45, 2.75) is 24.2 Å². The first-order chi connectivity index (χ1) is 28.7. The van der Waals surface area contributed by atoms with Crippen LogP contribution in [0, 0.1) is 23.7 Å².